The fourth-order valence-corrected chi connectivity index (χ4v) is 2.54. The topological polar surface area (TPSA) is 55.3 Å². The van der Waals surface area contributed by atoms with Gasteiger partial charge < -0.3 is 9.64 Å². The summed E-state index contributed by atoms with van der Waals surface area (Å²) in [7, 11) is 0. The number of fused-ring (bicyclic) bond motifs is 1. The Morgan fingerprint density at radius 2 is 2.05 bits per heavy atom. The highest BCUT2D eigenvalue weighted by Gasteiger charge is 2.22. The first-order chi connectivity index (χ1) is 9.74. The standard InChI is InChI=1S/C15H17N3O2/c1-11(19)18-8-6-13(7-9-18)20-15-14-5-3-2-4-12(14)10-16-17-15/h2-5,10,13H,6-9H2,1H3. The normalized spacial score (nSPS) is 16.4. The van der Waals surface area contributed by atoms with E-state index in [0.717, 1.165) is 36.7 Å². The molecule has 3 rings (SSSR count). The van der Waals surface area contributed by atoms with E-state index < -0.39 is 0 Å². The fraction of sp³-hybridized carbons (Fsp3) is 0.400. The number of carbonyl (C=O) groups excluding carboxylic acids is 1. The molecule has 1 aliphatic heterocycles. The molecule has 0 aliphatic carbocycles. The highest BCUT2D eigenvalue weighted by atomic mass is 16.5. The molecular formula is C15H17N3O2. The highest BCUT2D eigenvalue weighted by Crippen LogP contribution is 2.24. The highest BCUT2D eigenvalue weighted by molar-refractivity contribution is 5.85. The van der Waals surface area contributed by atoms with E-state index >= 15 is 0 Å². The maximum absolute atomic E-state index is 11.3. The van der Waals surface area contributed by atoms with Crippen LogP contribution in [0.25, 0.3) is 10.8 Å². The Morgan fingerprint density at radius 3 is 2.80 bits per heavy atom. The maximum atomic E-state index is 11.3. The molecular weight excluding hydrogens is 254 g/mol. The first-order valence-corrected chi connectivity index (χ1v) is 6.86. The predicted octanol–water partition coefficient (Wildman–Crippen LogP) is 2.02. The Hall–Kier alpha value is -2.17. The number of carbonyl (C=O) groups is 1. The van der Waals surface area contributed by atoms with Crippen LogP contribution in [0.3, 0.4) is 0 Å². The number of hydrogen-bond acceptors (Lipinski definition) is 4. The number of rotatable bonds is 2. The van der Waals surface area contributed by atoms with Crippen molar-refractivity contribution in [2.45, 2.75) is 25.9 Å². The summed E-state index contributed by atoms with van der Waals surface area (Å²) >= 11 is 0. The molecule has 5 nitrogen and oxygen atoms in total. The molecule has 1 aromatic heterocycles. The van der Waals surface area contributed by atoms with E-state index in [0.29, 0.717) is 5.88 Å². The van der Waals surface area contributed by atoms with E-state index in [1.54, 1.807) is 13.1 Å². The number of aromatic nitrogens is 2. The Morgan fingerprint density at radius 1 is 1.30 bits per heavy atom. The minimum atomic E-state index is 0.103. The summed E-state index contributed by atoms with van der Waals surface area (Å²) < 4.78 is 5.99. The smallest absolute Gasteiger partial charge is 0.241 e. The second-order valence-electron chi connectivity index (χ2n) is 5.06. The van der Waals surface area contributed by atoms with Crippen molar-refractivity contribution in [1.82, 2.24) is 15.1 Å². The average Bonchev–Trinajstić information content (AvgIpc) is 2.48. The molecule has 0 spiro atoms. The molecule has 0 N–H and O–H groups in total. The number of hydrogen-bond donors (Lipinski definition) is 0. The van der Waals surface area contributed by atoms with Crippen LogP contribution in [-0.2, 0) is 4.79 Å². The Bertz CT molecular complexity index is 616. The lowest BCUT2D eigenvalue weighted by Crippen LogP contribution is -2.40. The maximum Gasteiger partial charge on any atom is 0.241 e. The lowest BCUT2D eigenvalue weighted by atomic mass is 10.1. The van der Waals surface area contributed by atoms with E-state index in [-0.39, 0.29) is 12.0 Å². The SMILES string of the molecule is CC(=O)N1CCC(Oc2nncc3ccccc23)CC1. The number of benzene rings is 1. The van der Waals surface area contributed by atoms with E-state index in [1.807, 2.05) is 29.2 Å². The number of amides is 1. The van der Waals surface area contributed by atoms with Gasteiger partial charge >= 0.3 is 0 Å². The summed E-state index contributed by atoms with van der Waals surface area (Å²) in [5.74, 6) is 0.720. The van der Waals surface area contributed by atoms with Gasteiger partial charge in [-0.15, -0.1) is 5.10 Å². The van der Waals surface area contributed by atoms with Gasteiger partial charge in [0.15, 0.2) is 0 Å². The molecule has 0 radical (unpaired) electrons. The molecule has 1 amide bonds. The van der Waals surface area contributed by atoms with Crippen LogP contribution >= 0.6 is 0 Å². The molecule has 104 valence electrons. The molecule has 2 aromatic rings. The monoisotopic (exact) mass is 271 g/mol. The van der Waals surface area contributed by atoms with Gasteiger partial charge in [0.2, 0.25) is 11.8 Å². The second-order valence-corrected chi connectivity index (χ2v) is 5.06. The number of likely N-dealkylation sites (tertiary alicyclic amines) is 1. The molecule has 20 heavy (non-hydrogen) atoms. The third kappa shape index (κ3) is 2.57. The van der Waals surface area contributed by atoms with Gasteiger partial charge in [-0.3, -0.25) is 4.79 Å². The molecule has 1 fully saturated rings. The summed E-state index contributed by atoms with van der Waals surface area (Å²) in [6.07, 6.45) is 3.51. The van der Waals surface area contributed by atoms with Crippen LogP contribution in [0.1, 0.15) is 19.8 Å². The number of piperidine rings is 1. The molecule has 5 heteroatoms. The van der Waals surface area contributed by atoms with Crippen molar-refractivity contribution in [1.29, 1.82) is 0 Å². The van der Waals surface area contributed by atoms with Gasteiger partial charge in [-0.1, -0.05) is 18.2 Å². The first kappa shape index (κ1) is 12.8. The van der Waals surface area contributed by atoms with Gasteiger partial charge in [0.25, 0.3) is 0 Å². The van der Waals surface area contributed by atoms with Crippen LogP contribution in [-0.4, -0.2) is 40.2 Å². The van der Waals surface area contributed by atoms with Gasteiger partial charge in [0.1, 0.15) is 6.10 Å². The van der Waals surface area contributed by atoms with Crippen LogP contribution in [0, 0.1) is 0 Å². The van der Waals surface area contributed by atoms with Gasteiger partial charge in [-0.05, 0) is 6.07 Å². The molecule has 0 unspecified atom stereocenters. The lowest BCUT2D eigenvalue weighted by Gasteiger charge is -2.31. The van der Waals surface area contributed by atoms with Crippen LogP contribution in [0.5, 0.6) is 5.88 Å². The van der Waals surface area contributed by atoms with Crippen molar-refractivity contribution < 1.29 is 9.53 Å². The van der Waals surface area contributed by atoms with E-state index in [2.05, 4.69) is 10.2 Å². The minimum Gasteiger partial charge on any atom is -0.473 e. The molecule has 2 heterocycles. The van der Waals surface area contributed by atoms with Crippen LogP contribution in [0.15, 0.2) is 30.5 Å². The Balaban J connectivity index is 1.73. The van der Waals surface area contributed by atoms with Crippen LogP contribution < -0.4 is 4.74 Å². The third-order valence-corrected chi connectivity index (χ3v) is 3.70. The van der Waals surface area contributed by atoms with E-state index in [1.165, 1.54) is 0 Å². The Labute approximate surface area is 117 Å². The molecule has 1 aromatic carbocycles. The third-order valence-electron chi connectivity index (χ3n) is 3.70. The zero-order chi connectivity index (χ0) is 13.9. The summed E-state index contributed by atoms with van der Waals surface area (Å²) in [6.45, 7) is 3.10. The predicted molar refractivity (Wildman–Crippen MR) is 75.4 cm³/mol. The van der Waals surface area contributed by atoms with Gasteiger partial charge in [-0.2, -0.15) is 5.10 Å². The van der Waals surface area contributed by atoms with Crippen molar-refractivity contribution in [2.75, 3.05) is 13.1 Å². The largest absolute Gasteiger partial charge is 0.473 e. The molecule has 1 saturated heterocycles. The first-order valence-electron chi connectivity index (χ1n) is 6.86. The molecule has 0 saturated carbocycles. The zero-order valence-electron chi connectivity index (χ0n) is 11.5. The molecule has 0 atom stereocenters. The van der Waals surface area contributed by atoms with Crippen molar-refractivity contribution in [3.8, 4) is 5.88 Å². The van der Waals surface area contributed by atoms with E-state index in [9.17, 15) is 4.79 Å². The van der Waals surface area contributed by atoms with Gasteiger partial charge in [0, 0.05) is 43.6 Å². The molecule has 1 aliphatic rings. The summed E-state index contributed by atoms with van der Waals surface area (Å²) in [5, 5.41) is 10.1. The van der Waals surface area contributed by atoms with Crippen molar-refractivity contribution in [2.24, 2.45) is 0 Å². The quantitative estimate of drug-likeness (QED) is 0.838. The van der Waals surface area contributed by atoms with Gasteiger partial charge in [-0.25, -0.2) is 0 Å². The summed E-state index contributed by atoms with van der Waals surface area (Å²) in [4.78, 5) is 13.2. The fourth-order valence-electron chi connectivity index (χ4n) is 2.54. The van der Waals surface area contributed by atoms with Crippen molar-refractivity contribution in [3.05, 3.63) is 30.5 Å². The van der Waals surface area contributed by atoms with Gasteiger partial charge in [0.05, 0.1) is 6.20 Å². The second kappa shape index (κ2) is 5.45. The lowest BCUT2D eigenvalue weighted by molar-refractivity contribution is -0.130. The Kier molecular flexibility index (Phi) is 3.50. The zero-order valence-corrected chi connectivity index (χ0v) is 11.5. The average molecular weight is 271 g/mol. The number of ether oxygens (including phenoxy) is 1. The van der Waals surface area contributed by atoms with Crippen LogP contribution in [0.4, 0.5) is 0 Å². The minimum absolute atomic E-state index is 0.103. The van der Waals surface area contributed by atoms with Crippen molar-refractivity contribution >= 4 is 16.7 Å². The van der Waals surface area contributed by atoms with E-state index in [4.69, 9.17) is 4.74 Å². The van der Waals surface area contributed by atoms with Crippen molar-refractivity contribution in [3.63, 3.8) is 0 Å². The molecule has 0 bridgehead atoms. The number of nitrogens with zero attached hydrogens (tertiary/aromatic N) is 3. The summed E-state index contributed by atoms with van der Waals surface area (Å²) in [6, 6.07) is 7.92. The summed E-state index contributed by atoms with van der Waals surface area (Å²) in [5.41, 5.74) is 0. The van der Waals surface area contributed by atoms with Crippen LogP contribution in [0.2, 0.25) is 0 Å².